The van der Waals surface area contributed by atoms with Crippen molar-refractivity contribution in [1.82, 2.24) is 15.2 Å². The van der Waals surface area contributed by atoms with Crippen LogP contribution in [-0.2, 0) is 9.53 Å². The number of nitrogens with zero attached hydrogens (tertiary/aromatic N) is 2. The molecule has 2 aromatic rings. The summed E-state index contributed by atoms with van der Waals surface area (Å²) in [6, 6.07) is 7.57. The first-order valence-electron chi connectivity index (χ1n) is 6.67. The van der Waals surface area contributed by atoms with Gasteiger partial charge in [-0.05, 0) is 25.0 Å². The maximum absolute atomic E-state index is 12.2. The molecule has 0 spiro atoms. The molecule has 1 saturated heterocycles. The maximum Gasteiger partial charge on any atom is 0.227 e. The number of benzene rings is 1. The second-order valence-electron chi connectivity index (χ2n) is 4.79. The number of ether oxygens (including phenoxy) is 1. The predicted molar refractivity (Wildman–Crippen MR) is 74.0 cm³/mol. The van der Waals surface area contributed by atoms with Crippen molar-refractivity contribution in [2.24, 2.45) is 5.92 Å². The van der Waals surface area contributed by atoms with Crippen LogP contribution in [0.5, 0.6) is 0 Å². The summed E-state index contributed by atoms with van der Waals surface area (Å²) in [7, 11) is 0. The smallest absolute Gasteiger partial charge is 0.227 e. The van der Waals surface area contributed by atoms with E-state index < -0.39 is 0 Å². The molecule has 0 unspecified atom stereocenters. The topological polar surface area (TPSA) is 79.9 Å². The molecule has 1 amide bonds. The average molecular weight is 272 g/mol. The van der Waals surface area contributed by atoms with Gasteiger partial charge in [0.1, 0.15) is 6.33 Å². The first-order chi connectivity index (χ1) is 9.83. The van der Waals surface area contributed by atoms with E-state index in [9.17, 15) is 4.79 Å². The summed E-state index contributed by atoms with van der Waals surface area (Å²) in [5, 5.41) is 9.59. The molecule has 6 nitrogen and oxygen atoms in total. The number of aromatic nitrogens is 3. The van der Waals surface area contributed by atoms with E-state index in [2.05, 4.69) is 20.5 Å². The van der Waals surface area contributed by atoms with Gasteiger partial charge in [-0.1, -0.05) is 12.1 Å². The Balaban J connectivity index is 1.71. The molecule has 0 bridgehead atoms. The molecule has 0 aliphatic carbocycles. The van der Waals surface area contributed by atoms with E-state index in [1.54, 1.807) is 0 Å². The summed E-state index contributed by atoms with van der Waals surface area (Å²) >= 11 is 0. The number of carbonyl (C=O) groups is 1. The van der Waals surface area contributed by atoms with Gasteiger partial charge in [-0.25, -0.2) is 4.98 Å². The van der Waals surface area contributed by atoms with E-state index in [1.807, 2.05) is 24.3 Å². The molecular formula is C14H16N4O2. The van der Waals surface area contributed by atoms with Gasteiger partial charge in [-0.15, -0.1) is 0 Å². The Kier molecular flexibility index (Phi) is 3.73. The monoisotopic (exact) mass is 272 g/mol. The second kappa shape index (κ2) is 5.83. The Morgan fingerprint density at radius 1 is 1.35 bits per heavy atom. The quantitative estimate of drug-likeness (QED) is 0.893. The minimum absolute atomic E-state index is 0.0395. The summed E-state index contributed by atoms with van der Waals surface area (Å²) in [5.41, 5.74) is 1.67. The third-order valence-electron chi connectivity index (χ3n) is 3.41. The zero-order chi connectivity index (χ0) is 13.8. The van der Waals surface area contributed by atoms with Gasteiger partial charge in [0, 0.05) is 30.4 Å². The fourth-order valence-electron chi connectivity index (χ4n) is 2.29. The van der Waals surface area contributed by atoms with Crippen LogP contribution in [-0.4, -0.2) is 34.3 Å². The van der Waals surface area contributed by atoms with Crippen LogP contribution >= 0.6 is 0 Å². The number of hydrogen-bond donors (Lipinski definition) is 2. The highest BCUT2D eigenvalue weighted by Crippen LogP contribution is 2.21. The zero-order valence-electron chi connectivity index (χ0n) is 11.0. The fraction of sp³-hybridized carbons (Fsp3) is 0.357. The lowest BCUT2D eigenvalue weighted by molar-refractivity contribution is -0.122. The SMILES string of the molecule is O=C(Nc1cccc(-c2ncn[nH]2)c1)C1CCOCC1. The normalized spacial score (nSPS) is 16.0. The Bertz CT molecular complexity index is 577. The lowest BCUT2D eigenvalue weighted by Crippen LogP contribution is -2.28. The number of amides is 1. The maximum atomic E-state index is 12.2. The first kappa shape index (κ1) is 12.8. The molecule has 3 rings (SSSR count). The van der Waals surface area contributed by atoms with Crippen molar-refractivity contribution < 1.29 is 9.53 Å². The lowest BCUT2D eigenvalue weighted by atomic mass is 9.99. The van der Waals surface area contributed by atoms with Crippen LogP contribution in [0.2, 0.25) is 0 Å². The molecule has 6 heteroatoms. The Hall–Kier alpha value is -2.21. The first-order valence-corrected chi connectivity index (χ1v) is 6.67. The molecule has 1 aliphatic rings. The van der Waals surface area contributed by atoms with E-state index in [4.69, 9.17) is 4.74 Å². The van der Waals surface area contributed by atoms with Gasteiger partial charge in [-0.3, -0.25) is 9.89 Å². The Morgan fingerprint density at radius 3 is 2.95 bits per heavy atom. The van der Waals surface area contributed by atoms with Crippen LogP contribution < -0.4 is 5.32 Å². The van der Waals surface area contributed by atoms with Gasteiger partial charge in [-0.2, -0.15) is 5.10 Å². The van der Waals surface area contributed by atoms with Gasteiger partial charge in [0.2, 0.25) is 5.91 Å². The van der Waals surface area contributed by atoms with Crippen molar-refractivity contribution in [3.05, 3.63) is 30.6 Å². The number of rotatable bonds is 3. The van der Waals surface area contributed by atoms with Crippen LogP contribution in [0.25, 0.3) is 11.4 Å². The van der Waals surface area contributed by atoms with E-state index in [0.29, 0.717) is 19.0 Å². The molecule has 0 saturated carbocycles. The molecule has 0 radical (unpaired) electrons. The van der Waals surface area contributed by atoms with E-state index in [-0.39, 0.29) is 11.8 Å². The second-order valence-corrected chi connectivity index (χ2v) is 4.79. The number of hydrogen-bond acceptors (Lipinski definition) is 4. The minimum Gasteiger partial charge on any atom is -0.381 e. The van der Waals surface area contributed by atoms with Crippen LogP contribution in [0.1, 0.15) is 12.8 Å². The van der Waals surface area contributed by atoms with E-state index in [0.717, 1.165) is 24.1 Å². The van der Waals surface area contributed by atoms with Crippen LogP contribution in [0, 0.1) is 5.92 Å². The van der Waals surface area contributed by atoms with Gasteiger partial charge in [0.15, 0.2) is 5.82 Å². The molecule has 1 aromatic carbocycles. The highest BCUT2D eigenvalue weighted by molar-refractivity contribution is 5.93. The molecule has 1 aliphatic heterocycles. The van der Waals surface area contributed by atoms with E-state index >= 15 is 0 Å². The highest BCUT2D eigenvalue weighted by Gasteiger charge is 2.21. The van der Waals surface area contributed by atoms with Crippen molar-refractivity contribution in [2.45, 2.75) is 12.8 Å². The van der Waals surface area contributed by atoms with Gasteiger partial charge in [0.05, 0.1) is 0 Å². The Morgan fingerprint density at radius 2 is 2.20 bits per heavy atom. The zero-order valence-corrected chi connectivity index (χ0v) is 11.0. The van der Waals surface area contributed by atoms with Gasteiger partial charge >= 0.3 is 0 Å². The summed E-state index contributed by atoms with van der Waals surface area (Å²) in [6.45, 7) is 1.33. The van der Waals surface area contributed by atoms with Crippen molar-refractivity contribution in [3.8, 4) is 11.4 Å². The largest absolute Gasteiger partial charge is 0.381 e. The van der Waals surface area contributed by atoms with Crippen LogP contribution in [0.3, 0.4) is 0 Å². The lowest BCUT2D eigenvalue weighted by Gasteiger charge is -2.21. The number of nitrogens with one attached hydrogen (secondary N) is 2. The molecule has 2 heterocycles. The van der Waals surface area contributed by atoms with Gasteiger partial charge < -0.3 is 10.1 Å². The van der Waals surface area contributed by atoms with Crippen molar-refractivity contribution >= 4 is 11.6 Å². The average Bonchev–Trinajstić information content (AvgIpc) is 3.03. The molecule has 2 N–H and O–H groups in total. The summed E-state index contributed by atoms with van der Waals surface area (Å²) in [5.74, 6) is 0.785. The third kappa shape index (κ3) is 2.85. The Labute approximate surface area is 116 Å². The predicted octanol–water partition coefficient (Wildman–Crippen LogP) is 1.84. The van der Waals surface area contributed by atoms with Crippen LogP contribution in [0.15, 0.2) is 30.6 Å². The summed E-state index contributed by atoms with van der Waals surface area (Å²) < 4.78 is 5.27. The van der Waals surface area contributed by atoms with Crippen molar-refractivity contribution in [1.29, 1.82) is 0 Å². The van der Waals surface area contributed by atoms with Crippen molar-refractivity contribution in [3.63, 3.8) is 0 Å². The fourth-order valence-corrected chi connectivity index (χ4v) is 2.29. The number of aromatic amines is 1. The minimum atomic E-state index is 0.0395. The van der Waals surface area contributed by atoms with Crippen LogP contribution in [0.4, 0.5) is 5.69 Å². The van der Waals surface area contributed by atoms with Crippen molar-refractivity contribution in [2.75, 3.05) is 18.5 Å². The summed E-state index contributed by atoms with van der Waals surface area (Å²) in [6.07, 6.45) is 3.03. The summed E-state index contributed by atoms with van der Waals surface area (Å²) in [4.78, 5) is 16.3. The number of anilines is 1. The number of H-pyrrole nitrogens is 1. The molecule has 0 atom stereocenters. The third-order valence-corrected chi connectivity index (χ3v) is 3.41. The van der Waals surface area contributed by atoms with E-state index in [1.165, 1.54) is 6.33 Å². The molecular weight excluding hydrogens is 256 g/mol. The number of carbonyl (C=O) groups excluding carboxylic acids is 1. The molecule has 20 heavy (non-hydrogen) atoms. The molecule has 1 aromatic heterocycles. The standard InChI is InChI=1S/C14H16N4O2/c19-14(10-4-6-20-7-5-10)17-12-3-1-2-11(8-12)13-15-9-16-18-13/h1-3,8-10H,4-7H2,(H,17,19)(H,15,16,18). The molecule has 1 fully saturated rings. The van der Waals surface area contributed by atoms with Gasteiger partial charge in [0.25, 0.3) is 0 Å². The molecule has 104 valence electrons. The highest BCUT2D eigenvalue weighted by atomic mass is 16.5.